The van der Waals surface area contributed by atoms with E-state index in [1.54, 1.807) is 0 Å². The van der Waals surface area contributed by atoms with Crippen LogP contribution in [0.1, 0.15) is 5.56 Å². The normalized spacial score (nSPS) is 10.3. The van der Waals surface area contributed by atoms with Gasteiger partial charge in [0.1, 0.15) is 0 Å². The minimum Gasteiger partial charge on any atom is -0.355 e. The van der Waals surface area contributed by atoms with Crippen molar-refractivity contribution in [1.29, 1.82) is 5.26 Å². The molecule has 1 heterocycles. The van der Waals surface area contributed by atoms with Gasteiger partial charge in [-0.3, -0.25) is 0 Å². The minimum atomic E-state index is 0.682. The van der Waals surface area contributed by atoms with Crippen LogP contribution < -0.4 is 0 Å². The predicted octanol–water partition coefficient (Wildman–Crippen LogP) is 3.71. The van der Waals surface area contributed by atoms with E-state index >= 15 is 0 Å². The summed E-state index contributed by atoms with van der Waals surface area (Å²) >= 11 is 0. The maximum absolute atomic E-state index is 8.89. The van der Waals surface area contributed by atoms with Crippen LogP contribution in [-0.4, -0.2) is 4.98 Å². The summed E-state index contributed by atoms with van der Waals surface area (Å²) in [5.41, 5.74) is 3.88. The van der Waals surface area contributed by atoms with Crippen molar-refractivity contribution in [3.8, 4) is 17.3 Å². The summed E-state index contributed by atoms with van der Waals surface area (Å²) in [7, 11) is 0. The van der Waals surface area contributed by atoms with E-state index in [4.69, 9.17) is 5.26 Å². The van der Waals surface area contributed by atoms with E-state index in [-0.39, 0.29) is 0 Å². The largest absolute Gasteiger partial charge is 0.355 e. The van der Waals surface area contributed by atoms with Crippen molar-refractivity contribution in [1.82, 2.24) is 4.98 Å². The molecule has 0 saturated heterocycles. The lowest BCUT2D eigenvalue weighted by Crippen LogP contribution is -1.79. The SMILES string of the molecule is N#Cc1cccc(-c2cc3ccccc3[nH]2)c1. The molecule has 0 radical (unpaired) electrons. The standard InChI is InChI=1S/C15H10N2/c16-10-11-4-3-6-12(8-11)15-9-13-5-1-2-7-14(13)17-15/h1-9,17H. The number of nitriles is 1. The number of aromatic amines is 1. The zero-order chi connectivity index (χ0) is 11.7. The Hall–Kier alpha value is -2.53. The molecule has 1 N–H and O–H groups in total. The van der Waals surface area contributed by atoms with Crippen LogP contribution in [0.15, 0.2) is 54.6 Å². The third-order valence-electron chi connectivity index (χ3n) is 2.83. The summed E-state index contributed by atoms with van der Waals surface area (Å²) in [5.74, 6) is 0. The van der Waals surface area contributed by atoms with Crippen molar-refractivity contribution in [3.63, 3.8) is 0 Å². The minimum absolute atomic E-state index is 0.682. The first kappa shape index (κ1) is 9.68. The number of H-pyrrole nitrogens is 1. The van der Waals surface area contributed by atoms with Gasteiger partial charge in [0.2, 0.25) is 0 Å². The number of benzene rings is 2. The molecule has 0 amide bonds. The number of para-hydroxylation sites is 1. The molecule has 17 heavy (non-hydrogen) atoms. The molecule has 2 heteroatoms. The first-order valence-electron chi connectivity index (χ1n) is 5.45. The van der Waals surface area contributed by atoms with E-state index in [9.17, 15) is 0 Å². The summed E-state index contributed by atoms with van der Waals surface area (Å²) in [4.78, 5) is 3.35. The highest BCUT2D eigenvalue weighted by molar-refractivity contribution is 5.85. The van der Waals surface area contributed by atoms with Crippen molar-refractivity contribution in [2.75, 3.05) is 0 Å². The van der Waals surface area contributed by atoms with E-state index in [0.29, 0.717) is 5.56 Å². The van der Waals surface area contributed by atoms with E-state index in [0.717, 1.165) is 16.8 Å². The quantitative estimate of drug-likeness (QED) is 0.664. The number of hydrogen-bond acceptors (Lipinski definition) is 1. The van der Waals surface area contributed by atoms with Crippen LogP contribution >= 0.6 is 0 Å². The van der Waals surface area contributed by atoms with Crippen molar-refractivity contribution in [2.24, 2.45) is 0 Å². The Morgan fingerprint density at radius 1 is 0.941 bits per heavy atom. The van der Waals surface area contributed by atoms with E-state index in [1.165, 1.54) is 5.39 Å². The number of aromatic nitrogens is 1. The van der Waals surface area contributed by atoms with Crippen molar-refractivity contribution >= 4 is 10.9 Å². The Morgan fingerprint density at radius 2 is 1.82 bits per heavy atom. The highest BCUT2D eigenvalue weighted by atomic mass is 14.7. The zero-order valence-corrected chi connectivity index (χ0v) is 9.14. The molecule has 0 fully saturated rings. The van der Waals surface area contributed by atoms with Crippen LogP contribution in [-0.2, 0) is 0 Å². The maximum atomic E-state index is 8.89. The number of hydrogen-bond donors (Lipinski definition) is 1. The lowest BCUT2D eigenvalue weighted by molar-refractivity contribution is 1.43. The van der Waals surface area contributed by atoms with Gasteiger partial charge in [-0.25, -0.2) is 0 Å². The molecule has 0 aliphatic heterocycles. The van der Waals surface area contributed by atoms with Crippen LogP contribution in [0.3, 0.4) is 0 Å². The van der Waals surface area contributed by atoms with Crippen LogP contribution in [0, 0.1) is 11.3 Å². The second kappa shape index (κ2) is 3.80. The average Bonchev–Trinajstić information content (AvgIpc) is 2.82. The van der Waals surface area contributed by atoms with E-state index < -0.39 is 0 Å². The molecule has 0 aliphatic rings. The number of fused-ring (bicyclic) bond motifs is 1. The Bertz CT molecular complexity index is 684. The maximum Gasteiger partial charge on any atom is 0.0991 e. The van der Waals surface area contributed by atoms with Gasteiger partial charge in [0.05, 0.1) is 11.6 Å². The molecule has 3 rings (SSSR count). The summed E-state index contributed by atoms with van der Waals surface area (Å²) in [6.07, 6.45) is 0. The van der Waals surface area contributed by atoms with Crippen molar-refractivity contribution in [3.05, 3.63) is 60.2 Å². The highest BCUT2D eigenvalue weighted by Gasteiger charge is 2.03. The molecule has 80 valence electrons. The number of rotatable bonds is 1. The van der Waals surface area contributed by atoms with Gasteiger partial charge in [0, 0.05) is 16.6 Å². The van der Waals surface area contributed by atoms with Gasteiger partial charge in [-0.15, -0.1) is 0 Å². The van der Waals surface area contributed by atoms with Crippen LogP contribution in [0.5, 0.6) is 0 Å². The fourth-order valence-electron chi connectivity index (χ4n) is 1.99. The van der Waals surface area contributed by atoms with Gasteiger partial charge < -0.3 is 4.98 Å². The third-order valence-corrected chi connectivity index (χ3v) is 2.83. The molecule has 1 aromatic heterocycles. The third kappa shape index (κ3) is 1.68. The monoisotopic (exact) mass is 218 g/mol. The molecule has 0 saturated carbocycles. The topological polar surface area (TPSA) is 39.6 Å². The summed E-state index contributed by atoms with van der Waals surface area (Å²) in [5, 5.41) is 10.1. The predicted molar refractivity (Wildman–Crippen MR) is 68.4 cm³/mol. The molecule has 3 aromatic rings. The molecule has 0 spiro atoms. The summed E-state index contributed by atoms with van der Waals surface area (Å²) in [6, 6.07) is 20.0. The Morgan fingerprint density at radius 3 is 2.65 bits per heavy atom. The van der Waals surface area contributed by atoms with Gasteiger partial charge in [-0.1, -0.05) is 30.3 Å². The van der Waals surface area contributed by atoms with Gasteiger partial charge in [0.25, 0.3) is 0 Å². The van der Waals surface area contributed by atoms with Crippen molar-refractivity contribution < 1.29 is 0 Å². The number of nitrogens with one attached hydrogen (secondary N) is 1. The lowest BCUT2D eigenvalue weighted by Gasteiger charge is -1.97. The summed E-state index contributed by atoms with van der Waals surface area (Å²) in [6.45, 7) is 0. The fourth-order valence-corrected chi connectivity index (χ4v) is 1.99. The molecule has 2 nitrogen and oxygen atoms in total. The van der Waals surface area contributed by atoms with Gasteiger partial charge >= 0.3 is 0 Å². The first-order valence-corrected chi connectivity index (χ1v) is 5.45. The van der Waals surface area contributed by atoms with Crippen LogP contribution in [0.2, 0.25) is 0 Å². The highest BCUT2D eigenvalue weighted by Crippen LogP contribution is 2.24. The number of nitrogens with zero attached hydrogens (tertiary/aromatic N) is 1. The molecule has 2 aromatic carbocycles. The van der Waals surface area contributed by atoms with Gasteiger partial charge in [-0.2, -0.15) is 5.26 Å². The summed E-state index contributed by atoms with van der Waals surface area (Å²) < 4.78 is 0. The van der Waals surface area contributed by atoms with E-state index in [2.05, 4.69) is 23.2 Å². The second-order valence-corrected chi connectivity index (χ2v) is 3.96. The average molecular weight is 218 g/mol. The molecule has 0 bridgehead atoms. The van der Waals surface area contributed by atoms with Gasteiger partial charge in [-0.05, 0) is 29.8 Å². The van der Waals surface area contributed by atoms with Crippen LogP contribution in [0.25, 0.3) is 22.2 Å². The van der Waals surface area contributed by atoms with Gasteiger partial charge in [0.15, 0.2) is 0 Å². The van der Waals surface area contributed by atoms with E-state index in [1.807, 2.05) is 42.5 Å². The smallest absolute Gasteiger partial charge is 0.0991 e. The Kier molecular flexibility index (Phi) is 2.16. The molecule has 0 unspecified atom stereocenters. The Labute approximate surface area is 99.1 Å². The second-order valence-electron chi connectivity index (χ2n) is 3.96. The first-order chi connectivity index (χ1) is 8.36. The van der Waals surface area contributed by atoms with Crippen LogP contribution in [0.4, 0.5) is 0 Å². The Balaban J connectivity index is 2.17. The molecular formula is C15H10N2. The molecule has 0 aliphatic carbocycles. The molecular weight excluding hydrogens is 208 g/mol. The molecule has 0 atom stereocenters. The lowest BCUT2D eigenvalue weighted by atomic mass is 10.1. The van der Waals surface area contributed by atoms with Crippen molar-refractivity contribution in [2.45, 2.75) is 0 Å². The zero-order valence-electron chi connectivity index (χ0n) is 9.14. The fraction of sp³-hybridized carbons (Fsp3) is 0.